The first-order valence-electron chi connectivity index (χ1n) is 6.29. The lowest BCUT2D eigenvalue weighted by Crippen LogP contribution is -2.30. The Morgan fingerprint density at radius 1 is 1.39 bits per heavy atom. The highest BCUT2D eigenvalue weighted by atomic mass is 19.1. The van der Waals surface area contributed by atoms with Crippen LogP contribution < -0.4 is 15.8 Å². The first-order chi connectivity index (χ1) is 8.25. The van der Waals surface area contributed by atoms with Gasteiger partial charge in [0.1, 0.15) is 0 Å². The number of halogens is 1. The first kappa shape index (κ1) is 14.6. The van der Waals surface area contributed by atoms with Crippen LogP contribution >= 0.6 is 0 Å². The van der Waals surface area contributed by atoms with E-state index in [1.165, 1.54) is 6.07 Å². The van der Waals surface area contributed by atoms with Gasteiger partial charge in [-0.2, -0.15) is 0 Å². The second-order valence-corrected chi connectivity index (χ2v) is 5.40. The molecule has 0 amide bonds. The first-order valence-corrected chi connectivity index (χ1v) is 6.29. The summed E-state index contributed by atoms with van der Waals surface area (Å²) in [6, 6.07) is 2.92. The van der Waals surface area contributed by atoms with Crippen molar-refractivity contribution < 1.29 is 9.13 Å². The van der Waals surface area contributed by atoms with Crippen LogP contribution in [0.4, 0.5) is 15.8 Å². The Morgan fingerprint density at radius 3 is 2.50 bits per heavy atom. The van der Waals surface area contributed by atoms with Gasteiger partial charge in [-0.1, -0.05) is 6.92 Å². The predicted octanol–water partition coefficient (Wildman–Crippen LogP) is 3.80. The van der Waals surface area contributed by atoms with Gasteiger partial charge in [-0.05, 0) is 34.1 Å². The largest absolute Gasteiger partial charge is 0.488 e. The molecule has 18 heavy (non-hydrogen) atoms. The smallest absolute Gasteiger partial charge is 0.167 e. The molecule has 0 fully saturated rings. The fourth-order valence-electron chi connectivity index (χ4n) is 1.47. The van der Waals surface area contributed by atoms with Crippen molar-refractivity contribution in [2.45, 2.75) is 52.7 Å². The molecule has 3 nitrogen and oxygen atoms in total. The third-order valence-corrected chi connectivity index (χ3v) is 2.82. The molecule has 0 heterocycles. The number of nitrogen functional groups attached to an aromatic ring is 1. The molecule has 0 aliphatic carbocycles. The average molecular weight is 254 g/mol. The summed E-state index contributed by atoms with van der Waals surface area (Å²) in [6.07, 6.45) is 0.861. The van der Waals surface area contributed by atoms with E-state index in [1.807, 2.05) is 13.8 Å². The zero-order valence-electron chi connectivity index (χ0n) is 11.8. The molecule has 3 N–H and O–H groups in total. The summed E-state index contributed by atoms with van der Waals surface area (Å²) in [4.78, 5) is 0. The van der Waals surface area contributed by atoms with Gasteiger partial charge < -0.3 is 15.8 Å². The highest BCUT2D eigenvalue weighted by Crippen LogP contribution is 2.31. The van der Waals surface area contributed by atoms with Crippen LogP contribution in [-0.4, -0.2) is 11.6 Å². The van der Waals surface area contributed by atoms with Gasteiger partial charge in [-0.15, -0.1) is 0 Å². The lowest BCUT2D eigenvalue weighted by Gasteiger charge is -2.27. The second kappa shape index (κ2) is 5.46. The summed E-state index contributed by atoms with van der Waals surface area (Å²) in [6.45, 7) is 9.94. The van der Waals surface area contributed by atoms with Crippen molar-refractivity contribution >= 4 is 11.4 Å². The fraction of sp³-hybridized carbons (Fsp3) is 0.571. The average Bonchev–Trinajstić information content (AvgIpc) is 2.24. The normalized spacial score (nSPS) is 11.7. The maximum atomic E-state index is 13.7. The summed E-state index contributed by atoms with van der Waals surface area (Å²) in [5, 5.41) is 3.31. The number of hydrogen-bond donors (Lipinski definition) is 2. The van der Waals surface area contributed by atoms with E-state index in [1.54, 1.807) is 6.07 Å². The van der Waals surface area contributed by atoms with Gasteiger partial charge in [-0.25, -0.2) is 4.39 Å². The van der Waals surface area contributed by atoms with Crippen LogP contribution in [0, 0.1) is 5.82 Å². The third kappa shape index (κ3) is 3.79. The monoisotopic (exact) mass is 254 g/mol. The van der Waals surface area contributed by atoms with E-state index in [2.05, 4.69) is 26.1 Å². The van der Waals surface area contributed by atoms with Crippen LogP contribution in [0.1, 0.15) is 41.0 Å². The molecule has 0 saturated heterocycles. The quantitative estimate of drug-likeness (QED) is 0.786. The van der Waals surface area contributed by atoms with Crippen molar-refractivity contribution in [1.82, 2.24) is 0 Å². The van der Waals surface area contributed by atoms with E-state index in [0.29, 0.717) is 11.4 Å². The SMILES string of the molecule is CCC(C)(C)Nc1cc(OC(C)C)c(F)cc1N. The molecule has 1 aromatic carbocycles. The van der Waals surface area contributed by atoms with Crippen molar-refractivity contribution in [1.29, 1.82) is 0 Å². The Labute approximate surface area is 109 Å². The minimum atomic E-state index is -0.430. The molecule has 0 saturated carbocycles. The molecule has 0 aliphatic rings. The molecular formula is C14H23FN2O. The molecule has 0 bridgehead atoms. The number of ether oxygens (including phenoxy) is 1. The number of nitrogens with two attached hydrogens (primary N) is 1. The zero-order chi connectivity index (χ0) is 13.9. The van der Waals surface area contributed by atoms with Crippen LogP contribution in [-0.2, 0) is 0 Å². The Bertz CT molecular complexity index is 417. The van der Waals surface area contributed by atoms with Gasteiger partial charge in [0, 0.05) is 17.7 Å². The third-order valence-electron chi connectivity index (χ3n) is 2.82. The fourth-order valence-corrected chi connectivity index (χ4v) is 1.47. The van der Waals surface area contributed by atoms with E-state index in [0.717, 1.165) is 6.42 Å². The molecular weight excluding hydrogens is 231 g/mol. The summed E-state index contributed by atoms with van der Waals surface area (Å²) in [5.41, 5.74) is 6.83. The Hall–Kier alpha value is -1.45. The summed E-state index contributed by atoms with van der Waals surface area (Å²) >= 11 is 0. The van der Waals surface area contributed by atoms with Crippen molar-refractivity contribution in [3.8, 4) is 5.75 Å². The van der Waals surface area contributed by atoms with Crippen LogP contribution in [0.5, 0.6) is 5.75 Å². The van der Waals surface area contributed by atoms with Gasteiger partial charge in [0.15, 0.2) is 11.6 Å². The van der Waals surface area contributed by atoms with Crippen molar-refractivity contribution in [2.24, 2.45) is 0 Å². The van der Waals surface area contributed by atoms with E-state index in [9.17, 15) is 4.39 Å². The lowest BCUT2D eigenvalue weighted by molar-refractivity contribution is 0.231. The van der Waals surface area contributed by atoms with Gasteiger partial charge in [0.05, 0.1) is 17.5 Å². The van der Waals surface area contributed by atoms with Gasteiger partial charge in [0.25, 0.3) is 0 Å². The van der Waals surface area contributed by atoms with E-state index >= 15 is 0 Å². The van der Waals surface area contributed by atoms with E-state index < -0.39 is 5.82 Å². The van der Waals surface area contributed by atoms with E-state index in [4.69, 9.17) is 10.5 Å². The number of hydrogen-bond acceptors (Lipinski definition) is 3. The number of rotatable bonds is 5. The molecule has 4 heteroatoms. The number of benzene rings is 1. The van der Waals surface area contributed by atoms with Crippen LogP contribution in [0.15, 0.2) is 12.1 Å². The van der Waals surface area contributed by atoms with Gasteiger partial charge in [-0.3, -0.25) is 0 Å². The highest BCUT2D eigenvalue weighted by Gasteiger charge is 2.18. The molecule has 0 aromatic heterocycles. The molecule has 102 valence electrons. The maximum absolute atomic E-state index is 13.7. The molecule has 0 radical (unpaired) electrons. The van der Waals surface area contributed by atoms with Crippen LogP contribution in [0.2, 0.25) is 0 Å². The molecule has 0 spiro atoms. The summed E-state index contributed by atoms with van der Waals surface area (Å²) in [5.74, 6) is -0.199. The Kier molecular flexibility index (Phi) is 4.43. The van der Waals surface area contributed by atoms with Crippen LogP contribution in [0.3, 0.4) is 0 Å². The number of nitrogens with one attached hydrogen (secondary N) is 1. The standard InChI is InChI=1S/C14H23FN2O/c1-6-14(4,5)17-12-8-13(18-9(2)3)10(15)7-11(12)16/h7-9,17H,6,16H2,1-5H3. The van der Waals surface area contributed by atoms with Crippen molar-refractivity contribution in [3.05, 3.63) is 17.9 Å². The van der Waals surface area contributed by atoms with Crippen molar-refractivity contribution in [2.75, 3.05) is 11.1 Å². The topological polar surface area (TPSA) is 47.3 Å². The maximum Gasteiger partial charge on any atom is 0.167 e. The zero-order valence-corrected chi connectivity index (χ0v) is 11.8. The Morgan fingerprint density at radius 2 is 2.00 bits per heavy atom. The minimum absolute atomic E-state index is 0.0739. The summed E-state index contributed by atoms with van der Waals surface area (Å²) < 4.78 is 19.1. The molecule has 1 aromatic rings. The van der Waals surface area contributed by atoms with Gasteiger partial charge in [0.2, 0.25) is 0 Å². The van der Waals surface area contributed by atoms with E-state index in [-0.39, 0.29) is 17.4 Å². The number of anilines is 2. The van der Waals surface area contributed by atoms with Crippen LogP contribution in [0.25, 0.3) is 0 Å². The predicted molar refractivity (Wildman–Crippen MR) is 74.6 cm³/mol. The summed E-state index contributed by atoms with van der Waals surface area (Å²) in [7, 11) is 0. The minimum Gasteiger partial charge on any atom is -0.488 e. The molecule has 0 atom stereocenters. The second-order valence-electron chi connectivity index (χ2n) is 5.40. The Balaban J connectivity index is 3.05. The van der Waals surface area contributed by atoms with Gasteiger partial charge >= 0.3 is 0 Å². The molecule has 0 aliphatic heterocycles. The van der Waals surface area contributed by atoms with Crippen molar-refractivity contribution in [3.63, 3.8) is 0 Å². The molecule has 0 unspecified atom stereocenters. The highest BCUT2D eigenvalue weighted by molar-refractivity contribution is 5.69. The lowest BCUT2D eigenvalue weighted by atomic mass is 10.0. The molecule has 1 rings (SSSR count).